The van der Waals surface area contributed by atoms with E-state index in [0.29, 0.717) is 0 Å². The molecule has 0 aliphatic heterocycles. The lowest BCUT2D eigenvalue weighted by Crippen LogP contribution is -2.43. The molecule has 28 heavy (non-hydrogen) atoms. The van der Waals surface area contributed by atoms with Crippen LogP contribution in [0.5, 0.6) is 0 Å². The van der Waals surface area contributed by atoms with Gasteiger partial charge < -0.3 is 14.8 Å². The van der Waals surface area contributed by atoms with Crippen molar-refractivity contribution in [1.29, 1.82) is 0 Å². The Balaban J connectivity index is 1.69. The Morgan fingerprint density at radius 3 is 2.14 bits per heavy atom. The third-order valence-electron chi connectivity index (χ3n) is 4.70. The molecule has 1 amide bonds. The van der Waals surface area contributed by atoms with Crippen LogP contribution in [0.25, 0.3) is 11.1 Å². The normalized spacial score (nSPS) is 13.2. The Morgan fingerprint density at radius 2 is 1.61 bits per heavy atom. The topological polar surface area (TPSA) is 81.7 Å². The number of esters is 1. The average Bonchev–Trinajstić information content (AvgIpc) is 3.05. The molecule has 0 saturated carbocycles. The molecule has 0 aromatic heterocycles. The number of hydrogen-bond donors (Lipinski definition) is 1. The van der Waals surface area contributed by atoms with Crippen molar-refractivity contribution in [1.82, 2.24) is 5.32 Å². The number of fused-ring (bicyclic) bond motifs is 3. The van der Waals surface area contributed by atoms with Crippen molar-refractivity contribution >= 4 is 33.8 Å². The number of methoxy groups -OCH3 is 1. The summed E-state index contributed by atoms with van der Waals surface area (Å²) in [5.41, 5.74) is 4.44. The first-order chi connectivity index (χ1) is 13.5. The van der Waals surface area contributed by atoms with Crippen LogP contribution in [-0.2, 0) is 19.1 Å². The van der Waals surface area contributed by atoms with E-state index >= 15 is 0 Å². The number of carbonyl (C=O) groups is 3. The Labute approximate surface area is 171 Å². The zero-order valence-electron chi connectivity index (χ0n) is 15.3. The fourth-order valence-electron chi connectivity index (χ4n) is 3.40. The van der Waals surface area contributed by atoms with Crippen LogP contribution in [0.4, 0.5) is 4.79 Å². The largest absolute Gasteiger partial charge is 0.467 e. The van der Waals surface area contributed by atoms with E-state index in [-0.39, 0.29) is 30.1 Å². The van der Waals surface area contributed by atoms with Crippen LogP contribution in [0.3, 0.4) is 0 Å². The highest BCUT2D eigenvalue weighted by atomic mass is 79.9. The van der Waals surface area contributed by atoms with Crippen LogP contribution < -0.4 is 5.32 Å². The number of nitrogens with one attached hydrogen (secondary N) is 1. The Bertz CT molecular complexity index is 852. The summed E-state index contributed by atoms with van der Waals surface area (Å²) in [6.45, 7) is 0.125. The maximum Gasteiger partial charge on any atom is 0.407 e. The number of rotatable bonds is 7. The lowest BCUT2D eigenvalue weighted by Gasteiger charge is -2.18. The van der Waals surface area contributed by atoms with Crippen molar-refractivity contribution in [3.05, 3.63) is 59.7 Å². The monoisotopic (exact) mass is 445 g/mol. The standard InChI is InChI=1S/C21H20BrNO5/c1-27-20(25)19(10-13(24)11-22)23-21(26)28-12-18-16-8-4-2-6-14(16)15-7-3-5-9-17(15)18/h2-9,18-19H,10-12H2,1H3,(H,23,26)/t19-/m1/s1. The number of carbonyl (C=O) groups excluding carboxylic acids is 3. The van der Waals surface area contributed by atoms with Gasteiger partial charge in [-0.3, -0.25) is 4.79 Å². The molecule has 0 bridgehead atoms. The number of ether oxygens (including phenoxy) is 2. The maximum absolute atomic E-state index is 12.3. The molecule has 1 aliphatic rings. The summed E-state index contributed by atoms with van der Waals surface area (Å²) in [6, 6.07) is 14.9. The Kier molecular flexibility index (Phi) is 6.46. The summed E-state index contributed by atoms with van der Waals surface area (Å²) in [5.74, 6) is -1.00. The third-order valence-corrected chi connectivity index (χ3v) is 5.33. The number of benzene rings is 2. The highest BCUT2D eigenvalue weighted by molar-refractivity contribution is 9.09. The van der Waals surface area contributed by atoms with Crippen LogP contribution >= 0.6 is 15.9 Å². The summed E-state index contributed by atoms with van der Waals surface area (Å²) < 4.78 is 10.1. The minimum absolute atomic E-state index is 0.0844. The van der Waals surface area contributed by atoms with E-state index in [9.17, 15) is 14.4 Å². The number of alkyl halides is 1. The van der Waals surface area contributed by atoms with Gasteiger partial charge in [0.25, 0.3) is 0 Å². The van der Waals surface area contributed by atoms with Gasteiger partial charge in [-0.25, -0.2) is 9.59 Å². The van der Waals surface area contributed by atoms with Crippen LogP contribution in [0.2, 0.25) is 0 Å². The number of Topliss-reactive ketones (excluding diaryl/α,β-unsaturated/α-hetero) is 1. The molecule has 1 N–H and O–H groups in total. The summed E-state index contributed by atoms with van der Waals surface area (Å²) >= 11 is 3.04. The van der Waals surface area contributed by atoms with Crippen molar-refractivity contribution in [2.45, 2.75) is 18.4 Å². The van der Waals surface area contributed by atoms with E-state index in [1.165, 1.54) is 7.11 Å². The van der Waals surface area contributed by atoms with Gasteiger partial charge in [-0.1, -0.05) is 64.5 Å². The number of amides is 1. The van der Waals surface area contributed by atoms with Gasteiger partial charge in [-0.15, -0.1) is 0 Å². The quantitative estimate of drug-likeness (QED) is 0.521. The predicted octanol–water partition coefficient (Wildman–Crippen LogP) is 3.42. The minimum atomic E-state index is -1.08. The average molecular weight is 446 g/mol. The van der Waals surface area contributed by atoms with Crippen LogP contribution in [0.1, 0.15) is 23.5 Å². The van der Waals surface area contributed by atoms with E-state index < -0.39 is 18.1 Å². The highest BCUT2D eigenvalue weighted by Crippen LogP contribution is 2.44. The number of halogens is 1. The van der Waals surface area contributed by atoms with Gasteiger partial charge in [0.05, 0.1) is 12.4 Å². The lowest BCUT2D eigenvalue weighted by atomic mass is 9.98. The van der Waals surface area contributed by atoms with E-state index in [2.05, 4.69) is 26.0 Å². The summed E-state index contributed by atoms with van der Waals surface area (Å²) in [7, 11) is 1.20. The zero-order valence-corrected chi connectivity index (χ0v) is 16.9. The molecule has 7 heteroatoms. The Hall–Kier alpha value is -2.67. The molecular weight excluding hydrogens is 426 g/mol. The van der Waals surface area contributed by atoms with E-state index in [1.54, 1.807) is 0 Å². The molecule has 1 aliphatic carbocycles. The van der Waals surface area contributed by atoms with Gasteiger partial charge in [0.2, 0.25) is 0 Å². The zero-order chi connectivity index (χ0) is 20.1. The summed E-state index contributed by atoms with van der Waals surface area (Å²) in [4.78, 5) is 35.7. The fraction of sp³-hybridized carbons (Fsp3) is 0.286. The van der Waals surface area contributed by atoms with E-state index in [0.717, 1.165) is 22.3 Å². The molecule has 0 fully saturated rings. The molecule has 0 unspecified atom stereocenters. The lowest BCUT2D eigenvalue weighted by molar-refractivity contribution is -0.144. The second-order valence-electron chi connectivity index (χ2n) is 6.42. The van der Waals surface area contributed by atoms with Gasteiger partial charge in [-0.05, 0) is 22.3 Å². The smallest absolute Gasteiger partial charge is 0.407 e. The molecule has 2 aromatic rings. The first kappa shape index (κ1) is 20.1. The van der Waals surface area contributed by atoms with Crippen molar-refractivity contribution < 1.29 is 23.9 Å². The Morgan fingerprint density at radius 1 is 1.04 bits per heavy atom. The summed E-state index contributed by atoms with van der Waals surface area (Å²) in [5, 5.41) is 2.52. The van der Waals surface area contributed by atoms with E-state index in [4.69, 9.17) is 4.74 Å². The van der Waals surface area contributed by atoms with Crippen LogP contribution in [0, 0.1) is 0 Å². The molecule has 6 nitrogen and oxygen atoms in total. The van der Waals surface area contributed by atoms with Crippen molar-refractivity contribution in [2.24, 2.45) is 0 Å². The van der Waals surface area contributed by atoms with Gasteiger partial charge in [-0.2, -0.15) is 0 Å². The fourth-order valence-corrected chi connectivity index (χ4v) is 3.63. The first-order valence-corrected chi connectivity index (χ1v) is 9.94. The molecule has 0 heterocycles. The van der Waals surface area contributed by atoms with Gasteiger partial charge in [0.1, 0.15) is 18.4 Å². The molecule has 146 valence electrons. The molecule has 0 saturated heterocycles. The SMILES string of the molecule is COC(=O)[C@@H](CC(=O)CBr)NC(=O)OCC1c2ccccc2-c2ccccc21. The van der Waals surface area contributed by atoms with Crippen molar-refractivity contribution in [2.75, 3.05) is 19.0 Å². The number of ketones is 1. The van der Waals surface area contributed by atoms with Gasteiger partial charge in [0, 0.05) is 12.3 Å². The molecule has 2 aromatic carbocycles. The minimum Gasteiger partial charge on any atom is -0.467 e. The van der Waals surface area contributed by atoms with Gasteiger partial charge in [0.15, 0.2) is 0 Å². The highest BCUT2D eigenvalue weighted by Gasteiger charge is 2.30. The van der Waals surface area contributed by atoms with Gasteiger partial charge >= 0.3 is 12.1 Å². The van der Waals surface area contributed by atoms with Crippen LogP contribution in [0.15, 0.2) is 48.5 Å². The van der Waals surface area contributed by atoms with Crippen molar-refractivity contribution in [3.63, 3.8) is 0 Å². The first-order valence-electron chi connectivity index (χ1n) is 8.82. The molecule has 1 atom stereocenters. The van der Waals surface area contributed by atoms with Crippen LogP contribution in [-0.4, -0.2) is 42.9 Å². The van der Waals surface area contributed by atoms with Crippen molar-refractivity contribution in [3.8, 4) is 11.1 Å². The maximum atomic E-state index is 12.3. The molecule has 0 radical (unpaired) electrons. The summed E-state index contributed by atoms with van der Waals surface area (Å²) in [6.07, 6.45) is -0.929. The second-order valence-corrected chi connectivity index (χ2v) is 6.98. The molecule has 0 spiro atoms. The third kappa shape index (κ3) is 4.25. The number of alkyl carbamates (subject to hydrolysis) is 1. The second kappa shape index (κ2) is 9.01. The molecule has 3 rings (SSSR count). The van der Waals surface area contributed by atoms with E-state index in [1.807, 2.05) is 48.5 Å². The predicted molar refractivity (Wildman–Crippen MR) is 107 cm³/mol. The number of hydrogen-bond acceptors (Lipinski definition) is 5. The molecular formula is C21H20BrNO5.